The fraction of sp³-hybridized carbons (Fsp3) is 0.500. The molecule has 5 heteroatoms. The first-order valence-electron chi connectivity index (χ1n) is 2.24. The van der Waals surface area contributed by atoms with Crippen molar-refractivity contribution in [1.82, 2.24) is 0 Å². The molecule has 0 spiro atoms. The summed E-state index contributed by atoms with van der Waals surface area (Å²) in [5.74, 6) is -1.82. The Balaban J connectivity index is 3.87. The van der Waals surface area contributed by atoms with Crippen LogP contribution in [0.2, 0.25) is 0 Å². The van der Waals surface area contributed by atoms with Gasteiger partial charge in [0.05, 0.1) is 0 Å². The first kappa shape index (κ1) is 9.84. The molecule has 0 aliphatic heterocycles. The molecule has 0 saturated heterocycles. The number of halogens is 3. The maximum Gasteiger partial charge on any atom is 0.274 e. The molecule has 0 fully saturated rings. The van der Waals surface area contributed by atoms with Crippen molar-refractivity contribution >= 4 is 39.9 Å². The van der Waals surface area contributed by atoms with E-state index >= 15 is 0 Å². The average molecular weight is 207 g/mol. The van der Waals surface area contributed by atoms with Gasteiger partial charge in [0.2, 0.25) is 0 Å². The minimum absolute atomic E-state index is 0.184. The van der Waals surface area contributed by atoms with Crippen LogP contribution in [0.15, 0.2) is 11.9 Å². The first-order chi connectivity index (χ1) is 3.92. The van der Waals surface area contributed by atoms with Gasteiger partial charge in [-0.05, 0) is 29.4 Å². The predicted octanol–water partition coefficient (Wildman–Crippen LogP) is 3.80. The molecular formula is C4H6Cl3OP. The molecule has 0 rings (SSSR count). The third-order valence-electron chi connectivity index (χ3n) is 0.525. The lowest BCUT2D eigenvalue weighted by molar-refractivity contribution is 0.597. The van der Waals surface area contributed by atoms with E-state index in [1.165, 1.54) is 11.9 Å². The summed E-state index contributed by atoms with van der Waals surface area (Å²) >= 11 is 15.8. The number of alkyl halides is 1. The maximum absolute atomic E-state index is 10.5. The molecule has 0 heterocycles. The maximum atomic E-state index is 10.5. The van der Waals surface area contributed by atoms with Gasteiger partial charge in [-0.1, -0.05) is 6.08 Å². The van der Waals surface area contributed by atoms with Gasteiger partial charge >= 0.3 is 0 Å². The van der Waals surface area contributed by atoms with Gasteiger partial charge in [0, 0.05) is 11.2 Å². The van der Waals surface area contributed by atoms with Crippen LogP contribution < -0.4 is 0 Å². The lowest BCUT2D eigenvalue weighted by Gasteiger charge is -1.92. The molecule has 0 aromatic heterocycles. The van der Waals surface area contributed by atoms with Gasteiger partial charge in [0.25, 0.3) is 5.85 Å². The smallest absolute Gasteiger partial charge is 0.274 e. The Hall–Kier alpha value is 0.840. The summed E-state index contributed by atoms with van der Waals surface area (Å²) in [7, 11) is 0. The quantitative estimate of drug-likeness (QED) is 0.497. The van der Waals surface area contributed by atoms with Crippen molar-refractivity contribution < 1.29 is 4.57 Å². The van der Waals surface area contributed by atoms with E-state index in [4.69, 9.17) is 34.1 Å². The standard InChI is InChI=1S/C4H6Cl3OP/c1-4(5)2-3-9(6,7)8/h2-4H,1H3/b3-2+. The summed E-state index contributed by atoms with van der Waals surface area (Å²) in [6, 6.07) is 0. The van der Waals surface area contributed by atoms with Gasteiger partial charge in [-0.3, -0.25) is 4.57 Å². The van der Waals surface area contributed by atoms with Gasteiger partial charge in [-0.15, -0.1) is 11.6 Å². The van der Waals surface area contributed by atoms with Crippen molar-refractivity contribution in [3.63, 3.8) is 0 Å². The molecule has 0 radical (unpaired) electrons. The van der Waals surface area contributed by atoms with Crippen LogP contribution in [0.5, 0.6) is 0 Å². The van der Waals surface area contributed by atoms with E-state index in [1.807, 2.05) is 0 Å². The Labute approximate surface area is 68.9 Å². The second kappa shape index (κ2) is 3.88. The number of hydrogen-bond donors (Lipinski definition) is 0. The van der Waals surface area contributed by atoms with E-state index in [9.17, 15) is 4.57 Å². The van der Waals surface area contributed by atoms with Gasteiger partial charge in [-0.2, -0.15) is 0 Å². The average Bonchev–Trinajstić information content (AvgIpc) is 1.59. The van der Waals surface area contributed by atoms with E-state index in [2.05, 4.69) is 0 Å². The Morgan fingerprint density at radius 2 is 2.00 bits per heavy atom. The van der Waals surface area contributed by atoms with Crippen LogP contribution in [0.4, 0.5) is 0 Å². The SMILES string of the molecule is CC(Cl)/C=C/P(=O)(Cl)Cl. The zero-order valence-electron chi connectivity index (χ0n) is 4.72. The Morgan fingerprint density at radius 3 is 2.11 bits per heavy atom. The lowest BCUT2D eigenvalue weighted by atomic mass is 10.5. The molecule has 1 unspecified atom stereocenters. The lowest BCUT2D eigenvalue weighted by Crippen LogP contribution is -1.78. The van der Waals surface area contributed by atoms with Crippen molar-refractivity contribution in [2.75, 3.05) is 0 Å². The molecule has 0 N–H and O–H groups in total. The molecule has 1 nitrogen and oxygen atoms in total. The molecule has 0 bridgehead atoms. The summed E-state index contributed by atoms with van der Waals surface area (Å²) in [6.45, 7) is 1.72. The fourth-order valence-corrected chi connectivity index (χ4v) is 1.24. The molecule has 0 aliphatic rings. The molecule has 0 saturated carbocycles. The van der Waals surface area contributed by atoms with Crippen molar-refractivity contribution in [1.29, 1.82) is 0 Å². The molecular weight excluding hydrogens is 201 g/mol. The predicted molar refractivity (Wildman–Crippen MR) is 43.8 cm³/mol. The van der Waals surface area contributed by atoms with Crippen LogP contribution in [0.1, 0.15) is 6.92 Å². The Bertz CT molecular complexity index is 148. The van der Waals surface area contributed by atoms with Crippen LogP contribution in [-0.4, -0.2) is 5.38 Å². The third-order valence-corrected chi connectivity index (χ3v) is 1.87. The highest BCUT2D eigenvalue weighted by atomic mass is 35.9. The van der Waals surface area contributed by atoms with E-state index in [1.54, 1.807) is 6.92 Å². The molecule has 1 atom stereocenters. The van der Waals surface area contributed by atoms with E-state index in [0.29, 0.717) is 0 Å². The summed E-state index contributed by atoms with van der Waals surface area (Å²) in [6.07, 6.45) is 1.49. The molecule has 0 amide bonds. The van der Waals surface area contributed by atoms with Crippen LogP contribution in [0, 0.1) is 0 Å². The highest BCUT2D eigenvalue weighted by Crippen LogP contribution is 2.58. The molecule has 0 aromatic rings. The van der Waals surface area contributed by atoms with Crippen LogP contribution in [0.25, 0.3) is 0 Å². The zero-order valence-corrected chi connectivity index (χ0v) is 7.88. The van der Waals surface area contributed by atoms with Crippen molar-refractivity contribution in [3.8, 4) is 0 Å². The van der Waals surface area contributed by atoms with Crippen molar-refractivity contribution in [2.24, 2.45) is 0 Å². The number of rotatable bonds is 2. The Kier molecular flexibility index (Phi) is 4.24. The third kappa shape index (κ3) is 8.84. The van der Waals surface area contributed by atoms with E-state index in [0.717, 1.165) is 0 Å². The molecule has 9 heavy (non-hydrogen) atoms. The zero-order chi connectivity index (χ0) is 7.49. The largest absolute Gasteiger partial charge is 0.285 e. The highest BCUT2D eigenvalue weighted by Gasteiger charge is 2.06. The van der Waals surface area contributed by atoms with E-state index < -0.39 is 5.85 Å². The summed E-state index contributed by atoms with van der Waals surface area (Å²) in [5.41, 5.74) is 0. The second-order valence-corrected chi connectivity index (χ2v) is 7.05. The van der Waals surface area contributed by atoms with Crippen molar-refractivity contribution in [2.45, 2.75) is 12.3 Å². The molecule has 54 valence electrons. The summed E-state index contributed by atoms with van der Waals surface area (Å²) < 4.78 is 10.5. The Morgan fingerprint density at radius 1 is 1.56 bits per heavy atom. The minimum Gasteiger partial charge on any atom is -0.285 e. The topological polar surface area (TPSA) is 17.1 Å². The summed E-state index contributed by atoms with van der Waals surface area (Å²) in [5, 5.41) is -0.184. The first-order valence-corrected chi connectivity index (χ1v) is 6.26. The van der Waals surface area contributed by atoms with Gasteiger partial charge < -0.3 is 0 Å². The second-order valence-electron chi connectivity index (χ2n) is 1.52. The van der Waals surface area contributed by atoms with Crippen molar-refractivity contribution in [3.05, 3.63) is 11.9 Å². The summed E-state index contributed by atoms with van der Waals surface area (Å²) in [4.78, 5) is 0. The number of hydrogen-bond acceptors (Lipinski definition) is 1. The van der Waals surface area contributed by atoms with Gasteiger partial charge in [0.15, 0.2) is 0 Å². The molecule has 0 aliphatic carbocycles. The van der Waals surface area contributed by atoms with Crippen LogP contribution in [0.3, 0.4) is 0 Å². The van der Waals surface area contributed by atoms with E-state index in [-0.39, 0.29) is 5.38 Å². The van der Waals surface area contributed by atoms with Crippen LogP contribution >= 0.6 is 39.9 Å². The monoisotopic (exact) mass is 206 g/mol. The van der Waals surface area contributed by atoms with Crippen LogP contribution in [-0.2, 0) is 4.57 Å². The molecule has 0 aromatic carbocycles. The normalized spacial score (nSPS) is 16.4. The van der Waals surface area contributed by atoms with Gasteiger partial charge in [0.1, 0.15) is 0 Å². The highest BCUT2D eigenvalue weighted by molar-refractivity contribution is 8.10. The number of allylic oxidation sites excluding steroid dienone is 1. The van der Waals surface area contributed by atoms with Gasteiger partial charge in [-0.25, -0.2) is 0 Å². The minimum atomic E-state index is -3.04. The fourth-order valence-electron chi connectivity index (χ4n) is 0.219.